The summed E-state index contributed by atoms with van der Waals surface area (Å²) in [4.78, 5) is 0. The Bertz CT molecular complexity index is 359. The van der Waals surface area contributed by atoms with Gasteiger partial charge in [0.25, 0.3) is 0 Å². The minimum absolute atomic E-state index is 0.695. The fourth-order valence-corrected chi connectivity index (χ4v) is 2.49. The molecule has 0 saturated carbocycles. The minimum Gasteiger partial charge on any atom is -0.496 e. The molecule has 1 saturated heterocycles. The number of hydrogen-bond acceptors (Lipinski definition) is 3. The number of methoxy groups -OCH3 is 2. The van der Waals surface area contributed by atoms with Crippen molar-refractivity contribution in [3.63, 3.8) is 0 Å². The van der Waals surface area contributed by atoms with Crippen LogP contribution in [0.2, 0.25) is 0 Å². The fourth-order valence-electron chi connectivity index (χ4n) is 2.49. The standard InChI is InChI=1S/C14H21NO2/c1-10-6-13(16-2)12(14(7-10)17-3)8-11-4-5-15-9-11/h6-7,11,15H,4-5,8-9H2,1-3H3. The monoisotopic (exact) mass is 235 g/mol. The third kappa shape index (κ3) is 2.72. The van der Waals surface area contributed by atoms with E-state index in [0.717, 1.165) is 31.0 Å². The molecule has 2 rings (SSSR count). The number of rotatable bonds is 4. The predicted octanol–water partition coefficient (Wildman–Crippen LogP) is 2.16. The first-order valence-electron chi connectivity index (χ1n) is 6.16. The van der Waals surface area contributed by atoms with Crippen LogP contribution >= 0.6 is 0 Å². The first-order chi connectivity index (χ1) is 8.24. The van der Waals surface area contributed by atoms with Crippen molar-refractivity contribution in [2.24, 2.45) is 5.92 Å². The lowest BCUT2D eigenvalue weighted by atomic mass is 9.96. The molecular formula is C14H21NO2. The number of hydrogen-bond donors (Lipinski definition) is 1. The third-order valence-corrected chi connectivity index (χ3v) is 3.41. The highest BCUT2D eigenvalue weighted by molar-refractivity contribution is 5.48. The molecule has 1 N–H and O–H groups in total. The molecule has 0 aliphatic carbocycles. The van der Waals surface area contributed by atoms with Gasteiger partial charge < -0.3 is 14.8 Å². The van der Waals surface area contributed by atoms with E-state index in [1.54, 1.807) is 14.2 Å². The van der Waals surface area contributed by atoms with Crippen LogP contribution in [0.4, 0.5) is 0 Å². The Hall–Kier alpha value is -1.22. The van der Waals surface area contributed by atoms with Crippen molar-refractivity contribution in [2.45, 2.75) is 19.8 Å². The maximum atomic E-state index is 5.48. The van der Waals surface area contributed by atoms with Crippen molar-refractivity contribution in [1.82, 2.24) is 5.32 Å². The van der Waals surface area contributed by atoms with E-state index < -0.39 is 0 Å². The molecule has 0 radical (unpaired) electrons. The Kier molecular flexibility index (Phi) is 3.89. The van der Waals surface area contributed by atoms with Gasteiger partial charge in [-0.15, -0.1) is 0 Å². The third-order valence-electron chi connectivity index (χ3n) is 3.41. The molecule has 94 valence electrons. The van der Waals surface area contributed by atoms with Crippen LogP contribution in [0.25, 0.3) is 0 Å². The zero-order chi connectivity index (χ0) is 12.3. The Morgan fingerprint density at radius 3 is 2.35 bits per heavy atom. The highest BCUT2D eigenvalue weighted by Crippen LogP contribution is 2.33. The average molecular weight is 235 g/mol. The first-order valence-corrected chi connectivity index (χ1v) is 6.16. The van der Waals surface area contributed by atoms with Crippen LogP contribution in [0.3, 0.4) is 0 Å². The van der Waals surface area contributed by atoms with Crippen LogP contribution in [0.1, 0.15) is 17.5 Å². The van der Waals surface area contributed by atoms with E-state index in [4.69, 9.17) is 9.47 Å². The molecule has 1 aliphatic heterocycles. The zero-order valence-electron chi connectivity index (χ0n) is 10.9. The Labute approximate surface area is 103 Å². The summed E-state index contributed by atoms with van der Waals surface area (Å²) in [6.07, 6.45) is 2.26. The molecule has 1 aliphatic rings. The highest BCUT2D eigenvalue weighted by Gasteiger charge is 2.20. The van der Waals surface area contributed by atoms with Gasteiger partial charge in [-0.2, -0.15) is 0 Å². The number of ether oxygens (including phenoxy) is 2. The van der Waals surface area contributed by atoms with E-state index in [-0.39, 0.29) is 0 Å². The van der Waals surface area contributed by atoms with Crippen LogP contribution < -0.4 is 14.8 Å². The largest absolute Gasteiger partial charge is 0.496 e. The lowest BCUT2D eigenvalue weighted by Crippen LogP contribution is -2.12. The van der Waals surface area contributed by atoms with Gasteiger partial charge in [0.1, 0.15) is 11.5 Å². The average Bonchev–Trinajstić information content (AvgIpc) is 2.83. The molecule has 1 aromatic rings. The quantitative estimate of drug-likeness (QED) is 0.867. The van der Waals surface area contributed by atoms with Crippen molar-refractivity contribution >= 4 is 0 Å². The summed E-state index contributed by atoms with van der Waals surface area (Å²) in [6.45, 7) is 4.29. The van der Waals surface area contributed by atoms with Gasteiger partial charge in [-0.05, 0) is 56.5 Å². The lowest BCUT2D eigenvalue weighted by molar-refractivity contribution is 0.378. The van der Waals surface area contributed by atoms with Crippen LogP contribution in [0.15, 0.2) is 12.1 Å². The van der Waals surface area contributed by atoms with E-state index in [9.17, 15) is 0 Å². The number of nitrogens with one attached hydrogen (secondary N) is 1. The molecule has 1 unspecified atom stereocenters. The summed E-state index contributed by atoms with van der Waals surface area (Å²) in [5.41, 5.74) is 2.38. The van der Waals surface area contributed by atoms with E-state index >= 15 is 0 Å². The highest BCUT2D eigenvalue weighted by atomic mass is 16.5. The molecule has 17 heavy (non-hydrogen) atoms. The van der Waals surface area contributed by atoms with Gasteiger partial charge in [-0.1, -0.05) is 0 Å². The van der Waals surface area contributed by atoms with Crippen molar-refractivity contribution in [1.29, 1.82) is 0 Å². The summed E-state index contributed by atoms with van der Waals surface area (Å²) in [7, 11) is 3.45. The normalized spacial score (nSPS) is 19.4. The lowest BCUT2D eigenvalue weighted by Gasteiger charge is -2.17. The molecule has 0 aromatic heterocycles. The molecule has 0 spiro atoms. The van der Waals surface area contributed by atoms with Gasteiger partial charge in [0, 0.05) is 5.56 Å². The van der Waals surface area contributed by atoms with Crippen molar-refractivity contribution < 1.29 is 9.47 Å². The van der Waals surface area contributed by atoms with E-state index in [2.05, 4.69) is 24.4 Å². The van der Waals surface area contributed by atoms with E-state index in [1.165, 1.54) is 17.5 Å². The second-order valence-electron chi connectivity index (χ2n) is 4.71. The first kappa shape index (κ1) is 12.2. The molecular weight excluding hydrogens is 214 g/mol. The topological polar surface area (TPSA) is 30.5 Å². The summed E-state index contributed by atoms with van der Waals surface area (Å²) < 4.78 is 11.0. The predicted molar refractivity (Wildman–Crippen MR) is 69.0 cm³/mol. The van der Waals surface area contributed by atoms with Gasteiger partial charge in [0.15, 0.2) is 0 Å². The maximum Gasteiger partial charge on any atom is 0.126 e. The fraction of sp³-hybridized carbons (Fsp3) is 0.571. The number of benzene rings is 1. The minimum atomic E-state index is 0.695. The zero-order valence-corrected chi connectivity index (χ0v) is 10.9. The van der Waals surface area contributed by atoms with Gasteiger partial charge in [0.05, 0.1) is 14.2 Å². The second-order valence-corrected chi connectivity index (χ2v) is 4.71. The summed E-state index contributed by atoms with van der Waals surface area (Å²) in [6, 6.07) is 4.17. The molecule has 3 nitrogen and oxygen atoms in total. The number of aryl methyl sites for hydroxylation is 1. The van der Waals surface area contributed by atoms with Crippen LogP contribution in [-0.2, 0) is 6.42 Å². The molecule has 0 bridgehead atoms. The Balaban J connectivity index is 2.28. The SMILES string of the molecule is COc1cc(C)cc(OC)c1CC1CCNC1. The van der Waals surface area contributed by atoms with Crippen LogP contribution in [0.5, 0.6) is 11.5 Å². The Morgan fingerprint density at radius 1 is 1.24 bits per heavy atom. The van der Waals surface area contributed by atoms with E-state index in [1.807, 2.05) is 0 Å². The van der Waals surface area contributed by atoms with Crippen molar-refractivity contribution in [3.05, 3.63) is 23.3 Å². The summed E-state index contributed by atoms with van der Waals surface area (Å²) in [5.74, 6) is 2.60. The van der Waals surface area contributed by atoms with Gasteiger partial charge in [-0.3, -0.25) is 0 Å². The molecule has 1 fully saturated rings. The smallest absolute Gasteiger partial charge is 0.126 e. The Morgan fingerprint density at radius 2 is 1.88 bits per heavy atom. The van der Waals surface area contributed by atoms with Crippen molar-refractivity contribution in [3.8, 4) is 11.5 Å². The summed E-state index contributed by atoms with van der Waals surface area (Å²) in [5, 5.41) is 3.40. The molecule has 3 heteroatoms. The summed E-state index contributed by atoms with van der Waals surface area (Å²) >= 11 is 0. The molecule has 0 amide bonds. The van der Waals surface area contributed by atoms with Gasteiger partial charge in [-0.25, -0.2) is 0 Å². The van der Waals surface area contributed by atoms with Crippen molar-refractivity contribution in [2.75, 3.05) is 27.3 Å². The second kappa shape index (κ2) is 5.41. The van der Waals surface area contributed by atoms with Gasteiger partial charge >= 0.3 is 0 Å². The van der Waals surface area contributed by atoms with E-state index in [0.29, 0.717) is 5.92 Å². The molecule has 1 aromatic carbocycles. The molecule has 1 atom stereocenters. The van der Waals surface area contributed by atoms with Crippen LogP contribution in [0, 0.1) is 12.8 Å². The van der Waals surface area contributed by atoms with Gasteiger partial charge in [0.2, 0.25) is 0 Å². The molecule has 1 heterocycles. The van der Waals surface area contributed by atoms with Crippen LogP contribution in [-0.4, -0.2) is 27.3 Å². The maximum absolute atomic E-state index is 5.48.